The highest BCUT2D eigenvalue weighted by molar-refractivity contribution is 5.92. The van der Waals surface area contributed by atoms with Crippen LogP contribution in [0, 0.1) is 0 Å². The number of ether oxygens (including phenoxy) is 1. The molecule has 126 valence electrons. The number of benzene rings is 2. The van der Waals surface area contributed by atoms with E-state index < -0.39 is 0 Å². The zero-order valence-corrected chi connectivity index (χ0v) is 14.4. The molecule has 1 atom stereocenters. The molecule has 1 amide bonds. The molecule has 0 saturated carbocycles. The van der Waals surface area contributed by atoms with Crippen LogP contribution in [0.3, 0.4) is 0 Å². The van der Waals surface area contributed by atoms with Crippen molar-refractivity contribution in [1.29, 1.82) is 0 Å². The van der Waals surface area contributed by atoms with E-state index in [9.17, 15) is 4.79 Å². The Kier molecular flexibility index (Phi) is 6.58. The molecule has 0 aromatic heterocycles. The van der Waals surface area contributed by atoms with Crippen LogP contribution in [-0.4, -0.2) is 38.6 Å². The zero-order valence-electron chi connectivity index (χ0n) is 14.4. The maximum atomic E-state index is 12.3. The van der Waals surface area contributed by atoms with Crippen LogP contribution < -0.4 is 10.1 Å². The number of rotatable bonds is 7. The van der Waals surface area contributed by atoms with E-state index in [2.05, 4.69) is 10.2 Å². The standard InChI is InChI=1S/C20H24N2O2/c1-22(2)15-18(16-9-5-4-6-10-16)21-20(23)14-13-17-11-7-8-12-19(17)24-3/h4-14,18H,15H2,1-3H3,(H,21,23)/b14-13+/t18-/m1/s1. The summed E-state index contributed by atoms with van der Waals surface area (Å²) >= 11 is 0. The summed E-state index contributed by atoms with van der Waals surface area (Å²) in [7, 11) is 5.61. The maximum absolute atomic E-state index is 12.3. The second-order valence-electron chi connectivity index (χ2n) is 5.81. The van der Waals surface area contributed by atoms with Crippen molar-refractivity contribution < 1.29 is 9.53 Å². The van der Waals surface area contributed by atoms with E-state index in [1.165, 1.54) is 0 Å². The molecule has 0 saturated heterocycles. The first kappa shape index (κ1) is 17.8. The van der Waals surface area contributed by atoms with Crippen molar-refractivity contribution in [3.05, 3.63) is 71.8 Å². The van der Waals surface area contributed by atoms with E-state index in [1.807, 2.05) is 68.7 Å². The first-order valence-electron chi connectivity index (χ1n) is 7.91. The molecule has 2 aromatic rings. The number of likely N-dealkylation sites (N-methyl/N-ethyl adjacent to an activating group) is 1. The van der Waals surface area contributed by atoms with Gasteiger partial charge in [-0.25, -0.2) is 0 Å². The highest BCUT2D eigenvalue weighted by atomic mass is 16.5. The predicted octanol–water partition coefficient (Wildman–Crippen LogP) is 3.13. The highest BCUT2D eigenvalue weighted by Gasteiger charge is 2.14. The van der Waals surface area contributed by atoms with E-state index >= 15 is 0 Å². The van der Waals surface area contributed by atoms with Gasteiger partial charge in [0.2, 0.25) is 5.91 Å². The lowest BCUT2D eigenvalue weighted by molar-refractivity contribution is -0.117. The fourth-order valence-electron chi connectivity index (χ4n) is 2.47. The van der Waals surface area contributed by atoms with Crippen LogP contribution in [0.4, 0.5) is 0 Å². The van der Waals surface area contributed by atoms with Crippen LogP contribution in [-0.2, 0) is 4.79 Å². The quantitative estimate of drug-likeness (QED) is 0.796. The van der Waals surface area contributed by atoms with Gasteiger partial charge in [-0.15, -0.1) is 0 Å². The van der Waals surface area contributed by atoms with E-state index in [0.29, 0.717) is 0 Å². The molecule has 0 aliphatic heterocycles. The zero-order chi connectivity index (χ0) is 17.4. The Hall–Kier alpha value is -2.59. The molecule has 0 heterocycles. The lowest BCUT2D eigenvalue weighted by Gasteiger charge is -2.22. The van der Waals surface area contributed by atoms with Crippen LogP contribution in [0.5, 0.6) is 5.75 Å². The summed E-state index contributed by atoms with van der Waals surface area (Å²) in [5.74, 6) is 0.617. The summed E-state index contributed by atoms with van der Waals surface area (Å²) in [5.41, 5.74) is 1.96. The molecular formula is C20H24N2O2. The molecule has 2 aromatic carbocycles. The van der Waals surface area contributed by atoms with Crippen LogP contribution >= 0.6 is 0 Å². The van der Waals surface area contributed by atoms with Gasteiger partial charge in [-0.1, -0.05) is 48.5 Å². The van der Waals surface area contributed by atoms with Gasteiger partial charge < -0.3 is 15.0 Å². The number of para-hydroxylation sites is 1. The van der Waals surface area contributed by atoms with E-state index in [-0.39, 0.29) is 11.9 Å². The number of nitrogens with one attached hydrogen (secondary N) is 1. The van der Waals surface area contributed by atoms with Crippen molar-refractivity contribution in [2.45, 2.75) is 6.04 Å². The molecule has 0 radical (unpaired) electrons. The minimum atomic E-state index is -0.128. The van der Waals surface area contributed by atoms with Gasteiger partial charge in [0, 0.05) is 18.2 Å². The third kappa shape index (κ3) is 5.25. The normalized spacial score (nSPS) is 12.3. The summed E-state index contributed by atoms with van der Waals surface area (Å²) in [4.78, 5) is 14.4. The second-order valence-corrected chi connectivity index (χ2v) is 5.81. The number of hydrogen-bond donors (Lipinski definition) is 1. The Morgan fingerprint density at radius 1 is 1.12 bits per heavy atom. The van der Waals surface area contributed by atoms with Gasteiger partial charge in [-0.2, -0.15) is 0 Å². The van der Waals surface area contributed by atoms with Gasteiger partial charge in [0.1, 0.15) is 5.75 Å². The average Bonchev–Trinajstić information content (AvgIpc) is 2.60. The summed E-state index contributed by atoms with van der Waals surface area (Å²) in [6.07, 6.45) is 3.31. The van der Waals surface area contributed by atoms with Gasteiger partial charge in [0.05, 0.1) is 13.2 Å². The average molecular weight is 324 g/mol. The third-order valence-corrected chi connectivity index (χ3v) is 3.62. The fourth-order valence-corrected chi connectivity index (χ4v) is 2.47. The molecule has 0 spiro atoms. The molecule has 4 heteroatoms. The van der Waals surface area contributed by atoms with Crippen LogP contribution in [0.1, 0.15) is 17.2 Å². The van der Waals surface area contributed by atoms with Crippen molar-refractivity contribution >= 4 is 12.0 Å². The SMILES string of the molecule is COc1ccccc1/C=C/C(=O)N[C@H](CN(C)C)c1ccccc1. The molecule has 0 aliphatic rings. The number of carbonyl (C=O) groups is 1. The van der Waals surface area contributed by atoms with Crippen molar-refractivity contribution in [1.82, 2.24) is 10.2 Å². The van der Waals surface area contributed by atoms with Crippen molar-refractivity contribution in [3.63, 3.8) is 0 Å². The Morgan fingerprint density at radius 3 is 2.46 bits per heavy atom. The number of amides is 1. The largest absolute Gasteiger partial charge is 0.496 e. The number of carbonyl (C=O) groups excluding carboxylic acids is 1. The topological polar surface area (TPSA) is 41.6 Å². The predicted molar refractivity (Wildman–Crippen MR) is 97.9 cm³/mol. The molecule has 0 fully saturated rings. The molecule has 2 rings (SSSR count). The lowest BCUT2D eigenvalue weighted by atomic mass is 10.1. The first-order chi connectivity index (χ1) is 11.6. The van der Waals surface area contributed by atoms with E-state index in [0.717, 1.165) is 23.4 Å². The summed E-state index contributed by atoms with van der Waals surface area (Å²) in [5, 5.41) is 3.06. The molecule has 24 heavy (non-hydrogen) atoms. The first-order valence-corrected chi connectivity index (χ1v) is 7.91. The third-order valence-electron chi connectivity index (χ3n) is 3.62. The molecule has 1 N–H and O–H groups in total. The summed E-state index contributed by atoms with van der Waals surface area (Å²) in [6.45, 7) is 0.734. The Morgan fingerprint density at radius 2 is 1.79 bits per heavy atom. The highest BCUT2D eigenvalue weighted by Crippen LogP contribution is 2.19. The van der Waals surface area contributed by atoms with Gasteiger partial charge in [-0.3, -0.25) is 4.79 Å². The van der Waals surface area contributed by atoms with Gasteiger partial charge >= 0.3 is 0 Å². The Labute approximate surface area is 143 Å². The lowest BCUT2D eigenvalue weighted by Crippen LogP contribution is -2.34. The molecule has 0 bridgehead atoms. The van der Waals surface area contributed by atoms with Crippen molar-refractivity contribution in [2.75, 3.05) is 27.7 Å². The Bertz CT molecular complexity index is 681. The van der Waals surface area contributed by atoms with Crippen molar-refractivity contribution in [3.8, 4) is 5.75 Å². The molecule has 4 nitrogen and oxygen atoms in total. The van der Waals surface area contributed by atoms with Gasteiger partial charge in [0.25, 0.3) is 0 Å². The van der Waals surface area contributed by atoms with Crippen LogP contribution in [0.15, 0.2) is 60.7 Å². The van der Waals surface area contributed by atoms with Crippen molar-refractivity contribution in [2.24, 2.45) is 0 Å². The monoisotopic (exact) mass is 324 g/mol. The van der Waals surface area contributed by atoms with Crippen LogP contribution in [0.2, 0.25) is 0 Å². The summed E-state index contributed by atoms with van der Waals surface area (Å²) in [6, 6.07) is 17.5. The van der Waals surface area contributed by atoms with E-state index in [4.69, 9.17) is 4.74 Å². The maximum Gasteiger partial charge on any atom is 0.244 e. The fraction of sp³-hybridized carbons (Fsp3) is 0.250. The second kappa shape index (κ2) is 8.89. The Balaban J connectivity index is 2.09. The van der Waals surface area contributed by atoms with E-state index in [1.54, 1.807) is 19.3 Å². The smallest absolute Gasteiger partial charge is 0.244 e. The minimum absolute atomic E-state index is 0.0592. The van der Waals surface area contributed by atoms with Gasteiger partial charge in [-0.05, 0) is 31.8 Å². The van der Waals surface area contributed by atoms with Gasteiger partial charge in [0.15, 0.2) is 0 Å². The van der Waals surface area contributed by atoms with Crippen LogP contribution in [0.25, 0.3) is 6.08 Å². The number of hydrogen-bond acceptors (Lipinski definition) is 3. The molecule has 0 unspecified atom stereocenters. The number of nitrogens with zero attached hydrogens (tertiary/aromatic N) is 1. The minimum Gasteiger partial charge on any atom is -0.496 e. The number of methoxy groups -OCH3 is 1. The molecular weight excluding hydrogens is 300 g/mol. The molecule has 0 aliphatic carbocycles. The summed E-state index contributed by atoms with van der Waals surface area (Å²) < 4.78 is 5.29.